The van der Waals surface area contributed by atoms with E-state index in [1.54, 1.807) is 12.1 Å². The highest BCUT2D eigenvalue weighted by Gasteiger charge is 2.19. The Labute approximate surface area is 129 Å². The first-order valence-corrected chi connectivity index (χ1v) is 7.34. The average Bonchev–Trinajstić information content (AvgIpc) is 2.35. The zero-order chi connectivity index (χ0) is 13.0. The molecule has 2 nitrogen and oxygen atoms in total. The van der Waals surface area contributed by atoms with Crippen molar-refractivity contribution in [2.24, 2.45) is 11.7 Å². The van der Waals surface area contributed by atoms with E-state index in [9.17, 15) is 4.39 Å². The van der Waals surface area contributed by atoms with Crippen molar-refractivity contribution in [2.45, 2.75) is 25.8 Å². The number of hydrogen-bond acceptors (Lipinski definition) is 2. The maximum absolute atomic E-state index is 13.2. The number of benzene rings is 1. The molecular formula is C14H21BrClFN2. The van der Waals surface area contributed by atoms with Crippen LogP contribution in [0.4, 0.5) is 4.39 Å². The zero-order valence-electron chi connectivity index (χ0n) is 10.9. The van der Waals surface area contributed by atoms with Gasteiger partial charge in [0, 0.05) is 17.6 Å². The van der Waals surface area contributed by atoms with Gasteiger partial charge in [0.2, 0.25) is 0 Å². The number of halogens is 3. The highest BCUT2D eigenvalue weighted by molar-refractivity contribution is 9.10. The molecule has 1 saturated heterocycles. The van der Waals surface area contributed by atoms with Crippen molar-refractivity contribution in [3.63, 3.8) is 0 Å². The van der Waals surface area contributed by atoms with Crippen molar-refractivity contribution in [1.82, 2.24) is 4.90 Å². The van der Waals surface area contributed by atoms with Crippen molar-refractivity contribution < 1.29 is 4.39 Å². The summed E-state index contributed by atoms with van der Waals surface area (Å²) in [5.74, 6) is 0.541. The minimum absolute atomic E-state index is 0. The lowest BCUT2D eigenvalue weighted by molar-refractivity contribution is 0.162. The lowest BCUT2D eigenvalue weighted by atomic mass is 9.94. The van der Waals surface area contributed by atoms with Crippen molar-refractivity contribution in [3.8, 4) is 0 Å². The van der Waals surface area contributed by atoms with Gasteiger partial charge >= 0.3 is 0 Å². The molecule has 0 aromatic heterocycles. The van der Waals surface area contributed by atoms with Crippen LogP contribution in [0, 0.1) is 11.7 Å². The SMILES string of the molecule is Cl.NCCC1CCCN(Cc2cc(F)ccc2Br)C1. The van der Waals surface area contributed by atoms with Gasteiger partial charge < -0.3 is 5.73 Å². The third-order valence-corrected chi connectivity index (χ3v) is 4.35. The Morgan fingerprint density at radius 2 is 2.21 bits per heavy atom. The number of piperidine rings is 1. The molecule has 0 bridgehead atoms. The smallest absolute Gasteiger partial charge is 0.123 e. The number of nitrogens with two attached hydrogens (primary N) is 1. The molecule has 1 aromatic rings. The summed E-state index contributed by atoms with van der Waals surface area (Å²) in [4.78, 5) is 2.41. The fraction of sp³-hybridized carbons (Fsp3) is 0.571. The standard InChI is InChI=1S/C14H20BrFN2.ClH/c15-14-4-3-13(16)8-12(14)10-18-7-1-2-11(9-18)5-6-17;/h3-4,8,11H,1-2,5-7,9-10,17H2;1H. The van der Waals surface area contributed by atoms with Crippen LogP contribution >= 0.6 is 28.3 Å². The van der Waals surface area contributed by atoms with Crippen LogP contribution in [0.15, 0.2) is 22.7 Å². The maximum Gasteiger partial charge on any atom is 0.123 e. The second-order valence-corrected chi connectivity index (χ2v) is 5.91. The second-order valence-electron chi connectivity index (χ2n) is 5.06. The molecule has 2 rings (SSSR count). The van der Waals surface area contributed by atoms with E-state index in [1.165, 1.54) is 18.9 Å². The normalized spacial score (nSPS) is 20.1. The van der Waals surface area contributed by atoms with Gasteiger partial charge in [-0.25, -0.2) is 4.39 Å². The molecule has 1 heterocycles. The van der Waals surface area contributed by atoms with E-state index in [0.29, 0.717) is 5.92 Å². The monoisotopic (exact) mass is 350 g/mol. The van der Waals surface area contributed by atoms with E-state index in [0.717, 1.165) is 42.6 Å². The summed E-state index contributed by atoms with van der Waals surface area (Å²) >= 11 is 3.49. The van der Waals surface area contributed by atoms with Gasteiger partial charge in [0.25, 0.3) is 0 Å². The van der Waals surface area contributed by atoms with Gasteiger partial charge in [0.1, 0.15) is 5.82 Å². The Hall–Kier alpha value is -0.160. The van der Waals surface area contributed by atoms with Crippen LogP contribution in [0.25, 0.3) is 0 Å². The summed E-state index contributed by atoms with van der Waals surface area (Å²) in [5, 5.41) is 0. The first kappa shape index (κ1) is 16.9. The Morgan fingerprint density at radius 3 is 2.95 bits per heavy atom. The molecule has 108 valence electrons. The highest BCUT2D eigenvalue weighted by Crippen LogP contribution is 2.24. The van der Waals surface area contributed by atoms with Crippen molar-refractivity contribution in [2.75, 3.05) is 19.6 Å². The molecule has 0 spiro atoms. The predicted molar refractivity (Wildman–Crippen MR) is 83.0 cm³/mol. The van der Waals surface area contributed by atoms with Gasteiger partial charge in [-0.2, -0.15) is 0 Å². The molecule has 1 aliphatic rings. The van der Waals surface area contributed by atoms with E-state index in [-0.39, 0.29) is 18.2 Å². The summed E-state index contributed by atoms with van der Waals surface area (Å²) in [6.07, 6.45) is 3.59. The number of hydrogen-bond donors (Lipinski definition) is 1. The molecule has 0 saturated carbocycles. The first-order valence-electron chi connectivity index (χ1n) is 6.55. The van der Waals surface area contributed by atoms with Crippen LogP contribution in [-0.2, 0) is 6.54 Å². The average molecular weight is 352 g/mol. The van der Waals surface area contributed by atoms with Gasteiger partial charge in [0.15, 0.2) is 0 Å². The van der Waals surface area contributed by atoms with Gasteiger partial charge in [-0.05, 0) is 62.0 Å². The first-order chi connectivity index (χ1) is 8.69. The Kier molecular flexibility index (Phi) is 7.29. The van der Waals surface area contributed by atoms with E-state index in [2.05, 4.69) is 20.8 Å². The highest BCUT2D eigenvalue weighted by atomic mass is 79.9. The predicted octanol–water partition coefficient (Wildman–Crippen LogP) is 3.57. The quantitative estimate of drug-likeness (QED) is 0.898. The van der Waals surface area contributed by atoms with Crippen molar-refractivity contribution in [1.29, 1.82) is 0 Å². The van der Waals surface area contributed by atoms with E-state index in [1.807, 2.05) is 0 Å². The van der Waals surface area contributed by atoms with E-state index in [4.69, 9.17) is 5.73 Å². The summed E-state index contributed by atoms with van der Waals surface area (Å²) < 4.78 is 14.2. The molecule has 2 N–H and O–H groups in total. The molecule has 1 atom stereocenters. The van der Waals surface area contributed by atoms with Crippen LogP contribution in [0.3, 0.4) is 0 Å². The molecule has 1 fully saturated rings. The summed E-state index contributed by atoms with van der Waals surface area (Å²) in [5.41, 5.74) is 6.66. The molecule has 1 unspecified atom stereocenters. The van der Waals surface area contributed by atoms with Gasteiger partial charge in [-0.3, -0.25) is 4.90 Å². The fourth-order valence-electron chi connectivity index (χ4n) is 2.67. The van der Waals surface area contributed by atoms with Crippen molar-refractivity contribution >= 4 is 28.3 Å². The molecular weight excluding hydrogens is 331 g/mol. The lowest BCUT2D eigenvalue weighted by Gasteiger charge is -2.32. The molecule has 1 aliphatic heterocycles. The maximum atomic E-state index is 13.2. The molecule has 19 heavy (non-hydrogen) atoms. The van der Waals surface area contributed by atoms with Gasteiger partial charge in [-0.15, -0.1) is 12.4 Å². The van der Waals surface area contributed by atoms with Crippen LogP contribution in [0.5, 0.6) is 0 Å². The Bertz CT molecular complexity index is 401. The topological polar surface area (TPSA) is 29.3 Å². The fourth-order valence-corrected chi connectivity index (χ4v) is 3.04. The largest absolute Gasteiger partial charge is 0.330 e. The van der Waals surface area contributed by atoms with E-state index >= 15 is 0 Å². The minimum Gasteiger partial charge on any atom is -0.330 e. The summed E-state index contributed by atoms with van der Waals surface area (Å²) in [6, 6.07) is 4.89. The molecule has 0 aliphatic carbocycles. The number of likely N-dealkylation sites (tertiary alicyclic amines) is 1. The van der Waals surface area contributed by atoms with Crippen LogP contribution < -0.4 is 5.73 Å². The number of rotatable bonds is 4. The Morgan fingerprint density at radius 1 is 1.42 bits per heavy atom. The summed E-state index contributed by atoms with van der Waals surface area (Å²) in [7, 11) is 0. The minimum atomic E-state index is -0.163. The molecule has 0 radical (unpaired) electrons. The third kappa shape index (κ3) is 5.03. The molecule has 5 heteroatoms. The van der Waals surface area contributed by atoms with Crippen LogP contribution in [0.1, 0.15) is 24.8 Å². The second kappa shape index (κ2) is 8.20. The van der Waals surface area contributed by atoms with Crippen LogP contribution in [0.2, 0.25) is 0 Å². The molecule has 0 amide bonds. The number of nitrogens with zero attached hydrogens (tertiary/aromatic N) is 1. The third-order valence-electron chi connectivity index (χ3n) is 3.58. The van der Waals surface area contributed by atoms with E-state index < -0.39 is 0 Å². The summed E-state index contributed by atoms with van der Waals surface area (Å²) in [6.45, 7) is 3.77. The zero-order valence-corrected chi connectivity index (χ0v) is 13.4. The van der Waals surface area contributed by atoms with Gasteiger partial charge in [0.05, 0.1) is 0 Å². The lowest BCUT2D eigenvalue weighted by Crippen LogP contribution is -2.35. The van der Waals surface area contributed by atoms with Gasteiger partial charge in [-0.1, -0.05) is 15.9 Å². The Balaban J connectivity index is 0.00000180. The van der Waals surface area contributed by atoms with Crippen molar-refractivity contribution in [3.05, 3.63) is 34.1 Å². The van der Waals surface area contributed by atoms with Crippen LogP contribution in [-0.4, -0.2) is 24.5 Å². The molecule has 1 aromatic carbocycles.